The fraction of sp³-hybridized carbons (Fsp3) is 0.909. The molecule has 0 bridgehead atoms. The molecule has 0 heterocycles. The molecule has 4 nitrogen and oxygen atoms in total. The first-order chi connectivity index (χ1) is 7.15. The molecule has 0 unspecified atom stereocenters. The second-order valence-electron chi connectivity index (χ2n) is 2.90. The highest BCUT2D eigenvalue weighted by molar-refractivity contribution is 5.69. The van der Waals surface area contributed by atoms with E-state index >= 15 is 0 Å². The molecule has 0 amide bonds. The molecule has 4 heteroatoms. The Morgan fingerprint density at radius 2 is 1.60 bits per heavy atom. The van der Waals surface area contributed by atoms with Crippen LogP contribution in [-0.2, 0) is 9.53 Å². The van der Waals surface area contributed by atoms with Crippen LogP contribution in [0.5, 0.6) is 0 Å². The summed E-state index contributed by atoms with van der Waals surface area (Å²) in [7, 11) is 0. The maximum absolute atomic E-state index is 10.3. The molecule has 0 aliphatic heterocycles. The number of rotatable bonds is 6. The van der Waals surface area contributed by atoms with Gasteiger partial charge in [0.25, 0.3) is 0 Å². The molecule has 0 atom stereocenters. The molecular weight excluding hydrogens is 194 g/mol. The Hall–Kier alpha value is -0.610. The van der Waals surface area contributed by atoms with Gasteiger partial charge >= 0.3 is 5.97 Å². The van der Waals surface area contributed by atoms with E-state index < -0.39 is 0 Å². The standard InChI is InChI=1S/C6H15N.C5H10O3/c1-4-7(5-2)6-3;1-2-8-5(7)3-4-6/h4-6H2,1-3H3;6H,2-4H2,1H3. The van der Waals surface area contributed by atoms with Gasteiger partial charge in [-0.25, -0.2) is 0 Å². The molecule has 0 rings (SSSR count). The number of ether oxygens (including phenoxy) is 1. The largest absolute Gasteiger partial charge is 0.466 e. The molecular formula is C11H25NO3. The van der Waals surface area contributed by atoms with Crippen molar-refractivity contribution in [2.75, 3.05) is 32.8 Å². The van der Waals surface area contributed by atoms with Crippen LogP contribution < -0.4 is 0 Å². The first-order valence-corrected chi connectivity index (χ1v) is 5.64. The number of aliphatic hydroxyl groups excluding tert-OH is 1. The van der Waals surface area contributed by atoms with Crippen molar-refractivity contribution in [2.24, 2.45) is 0 Å². The number of nitrogens with zero attached hydrogens (tertiary/aromatic N) is 1. The fourth-order valence-corrected chi connectivity index (χ4v) is 0.995. The van der Waals surface area contributed by atoms with E-state index in [0.29, 0.717) is 6.61 Å². The van der Waals surface area contributed by atoms with Gasteiger partial charge in [-0.2, -0.15) is 0 Å². The van der Waals surface area contributed by atoms with Gasteiger partial charge in [0, 0.05) is 0 Å². The average Bonchev–Trinajstić information content (AvgIpc) is 2.22. The van der Waals surface area contributed by atoms with Crippen molar-refractivity contribution in [3.63, 3.8) is 0 Å². The third-order valence-corrected chi connectivity index (χ3v) is 1.96. The first kappa shape index (κ1) is 16.8. The highest BCUT2D eigenvalue weighted by atomic mass is 16.5. The van der Waals surface area contributed by atoms with Crippen LogP contribution in [0.25, 0.3) is 0 Å². The summed E-state index contributed by atoms with van der Waals surface area (Å²) in [6, 6.07) is 0. The Bertz CT molecular complexity index is 122. The Kier molecular flexibility index (Phi) is 15.0. The van der Waals surface area contributed by atoms with Gasteiger partial charge in [0.2, 0.25) is 0 Å². The van der Waals surface area contributed by atoms with Crippen molar-refractivity contribution in [3.8, 4) is 0 Å². The van der Waals surface area contributed by atoms with E-state index in [1.54, 1.807) is 6.92 Å². The van der Waals surface area contributed by atoms with E-state index in [1.165, 1.54) is 19.6 Å². The Morgan fingerprint density at radius 1 is 1.13 bits per heavy atom. The van der Waals surface area contributed by atoms with Crippen molar-refractivity contribution in [3.05, 3.63) is 0 Å². The van der Waals surface area contributed by atoms with Crippen LogP contribution in [0.3, 0.4) is 0 Å². The van der Waals surface area contributed by atoms with E-state index in [9.17, 15) is 4.79 Å². The minimum atomic E-state index is -0.338. The van der Waals surface area contributed by atoms with E-state index in [1.807, 2.05) is 0 Å². The molecule has 0 aromatic carbocycles. The Balaban J connectivity index is 0. The maximum Gasteiger partial charge on any atom is 0.308 e. The average molecular weight is 219 g/mol. The first-order valence-electron chi connectivity index (χ1n) is 5.64. The molecule has 0 spiro atoms. The lowest BCUT2D eigenvalue weighted by Crippen LogP contribution is -2.21. The second-order valence-corrected chi connectivity index (χ2v) is 2.90. The van der Waals surface area contributed by atoms with Gasteiger partial charge < -0.3 is 14.7 Å². The number of carbonyl (C=O) groups is 1. The van der Waals surface area contributed by atoms with E-state index in [-0.39, 0.29) is 19.0 Å². The molecule has 0 saturated carbocycles. The predicted octanol–water partition coefficient (Wildman–Crippen LogP) is 1.28. The summed E-state index contributed by atoms with van der Waals surface area (Å²) < 4.78 is 4.48. The summed E-state index contributed by atoms with van der Waals surface area (Å²) in [5.74, 6) is -0.338. The summed E-state index contributed by atoms with van der Waals surface area (Å²) in [5, 5.41) is 8.16. The summed E-state index contributed by atoms with van der Waals surface area (Å²) >= 11 is 0. The number of carbonyl (C=O) groups excluding carboxylic acids is 1. The lowest BCUT2D eigenvalue weighted by molar-refractivity contribution is -0.143. The molecule has 0 aliphatic rings. The second kappa shape index (κ2) is 13.4. The Morgan fingerprint density at radius 3 is 1.80 bits per heavy atom. The van der Waals surface area contributed by atoms with Crippen molar-refractivity contribution in [2.45, 2.75) is 34.1 Å². The van der Waals surface area contributed by atoms with E-state index in [2.05, 4.69) is 30.4 Å². The molecule has 1 N–H and O–H groups in total. The summed E-state index contributed by atoms with van der Waals surface area (Å²) in [5.41, 5.74) is 0. The zero-order valence-corrected chi connectivity index (χ0v) is 10.5. The van der Waals surface area contributed by atoms with Gasteiger partial charge in [-0.1, -0.05) is 20.8 Å². The van der Waals surface area contributed by atoms with Gasteiger partial charge in [0.05, 0.1) is 19.6 Å². The molecule has 0 fully saturated rings. The van der Waals surface area contributed by atoms with Crippen LogP contribution in [0, 0.1) is 0 Å². The van der Waals surface area contributed by atoms with Crippen molar-refractivity contribution >= 4 is 5.97 Å². The van der Waals surface area contributed by atoms with Gasteiger partial charge in [0.15, 0.2) is 0 Å². The molecule has 0 aliphatic carbocycles. The van der Waals surface area contributed by atoms with Crippen molar-refractivity contribution < 1.29 is 14.6 Å². The molecule has 92 valence electrons. The third kappa shape index (κ3) is 13.4. The fourth-order valence-electron chi connectivity index (χ4n) is 0.995. The quantitative estimate of drug-likeness (QED) is 0.684. The molecule has 0 aromatic rings. The molecule has 0 radical (unpaired) electrons. The highest BCUT2D eigenvalue weighted by Gasteiger charge is 1.96. The highest BCUT2D eigenvalue weighted by Crippen LogP contribution is 1.82. The zero-order valence-electron chi connectivity index (χ0n) is 10.5. The van der Waals surface area contributed by atoms with Crippen molar-refractivity contribution in [1.82, 2.24) is 4.90 Å². The van der Waals surface area contributed by atoms with Gasteiger partial charge in [-0.3, -0.25) is 4.79 Å². The lowest BCUT2D eigenvalue weighted by atomic mass is 10.5. The van der Waals surface area contributed by atoms with E-state index in [0.717, 1.165) is 0 Å². The maximum atomic E-state index is 10.3. The van der Waals surface area contributed by atoms with Crippen LogP contribution in [0.4, 0.5) is 0 Å². The van der Waals surface area contributed by atoms with Crippen LogP contribution in [0.15, 0.2) is 0 Å². The van der Waals surface area contributed by atoms with Crippen LogP contribution in [-0.4, -0.2) is 48.8 Å². The summed E-state index contributed by atoms with van der Waals surface area (Å²) in [6.45, 7) is 12.1. The summed E-state index contributed by atoms with van der Waals surface area (Å²) in [6.07, 6.45) is 0.105. The summed E-state index contributed by atoms with van der Waals surface area (Å²) in [4.78, 5) is 12.6. The van der Waals surface area contributed by atoms with Gasteiger partial charge in [-0.15, -0.1) is 0 Å². The SMILES string of the molecule is CCN(CC)CC.CCOC(=O)CCO. The lowest BCUT2D eigenvalue weighted by Gasteiger charge is -2.13. The van der Waals surface area contributed by atoms with Crippen LogP contribution in [0.2, 0.25) is 0 Å². The smallest absolute Gasteiger partial charge is 0.308 e. The van der Waals surface area contributed by atoms with Crippen LogP contribution >= 0.6 is 0 Å². The number of esters is 1. The van der Waals surface area contributed by atoms with Crippen LogP contribution in [0.1, 0.15) is 34.1 Å². The minimum absolute atomic E-state index is 0.105. The molecule has 15 heavy (non-hydrogen) atoms. The predicted molar refractivity (Wildman–Crippen MR) is 61.8 cm³/mol. The zero-order chi connectivity index (χ0) is 12.1. The number of hydrogen-bond acceptors (Lipinski definition) is 4. The van der Waals surface area contributed by atoms with Crippen molar-refractivity contribution in [1.29, 1.82) is 0 Å². The van der Waals surface area contributed by atoms with Gasteiger partial charge in [-0.05, 0) is 26.6 Å². The molecule has 0 saturated heterocycles. The minimum Gasteiger partial charge on any atom is -0.466 e. The normalized spacial score (nSPS) is 9.47. The number of hydrogen-bond donors (Lipinski definition) is 1. The number of aliphatic hydroxyl groups is 1. The van der Waals surface area contributed by atoms with Gasteiger partial charge in [0.1, 0.15) is 0 Å². The van der Waals surface area contributed by atoms with E-state index in [4.69, 9.17) is 5.11 Å². The third-order valence-electron chi connectivity index (χ3n) is 1.96. The molecule has 0 aromatic heterocycles. The monoisotopic (exact) mass is 219 g/mol. The Labute approximate surface area is 93.2 Å². The topological polar surface area (TPSA) is 49.8 Å².